The summed E-state index contributed by atoms with van der Waals surface area (Å²) in [5, 5.41) is 7.06. The molecule has 2 amide bonds. The lowest BCUT2D eigenvalue weighted by atomic mass is 10.1. The molecule has 25 heavy (non-hydrogen) atoms. The molecular formula is C18H21N3O3S. The summed E-state index contributed by atoms with van der Waals surface area (Å²) in [4.78, 5) is 27.7. The number of fused-ring (bicyclic) bond motifs is 2. The van der Waals surface area contributed by atoms with Gasteiger partial charge in [0.05, 0.1) is 16.1 Å². The van der Waals surface area contributed by atoms with Crippen molar-refractivity contribution in [2.75, 3.05) is 18.4 Å². The van der Waals surface area contributed by atoms with Crippen LogP contribution in [0.5, 0.6) is 0 Å². The quantitative estimate of drug-likeness (QED) is 0.884. The Morgan fingerprint density at radius 1 is 1.32 bits per heavy atom. The van der Waals surface area contributed by atoms with Crippen LogP contribution in [0.2, 0.25) is 0 Å². The molecule has 0 radical (unpaired) electrons. The predicted octanol–water partition coefficient (Wildman–Crippen LogP) is 2.87. The Balaban J connectivity index is 1.48. The number of thiophene rings is 1. The van der Waals surface area contributed by atoms with E-state index < -0.39 is 0 Å². The van der Waals surface area contributed by atoms with Crippen molar-refractivity contribution in [1.82, 2.24) is 10.2 Å². The molecule has 132 valence electrons. The van der Waals surface area contributed by atoms with E-state index in [1.165, 1.54) is 24.0 Å². The van der Waals surface area contributed by atoms with Gasteiger partial charge >= 0.3 is 0 Å². The maximum Gasteiger partial charge on any atom is 0.291 e. The molecule has 2 aliphatic rings. The SMILES string of the molecule is Cc1cc(NC(=O)c2ccco2)sc1C(=O)N1CCC2CCC(C1)N2. The first-order valence-electron chi connectivity index (χ1n) is 8.61. The third-order valence-electron chi connectivity index (χ3n) is 4.90. The number of carbonyl (C=O) groups excluding carboxylic acids is 2. The van der Waals surface area contributed by atoms with Gasteiger partial charge in [0, 0.05) is 25.2 Å². The van der Waals surface area contributed by atoms with Gasteiger partial charge < -0.3 is 20.0 Å². The smallest absolute Gasteiger partial charge is 0.291 e. The van der Waals surface area contributed by atoms with Gasteiger partial charge in [-0.1, -0.05) is 0 Å². The highest BCUT2D eigenvalue weighted by Crippen LogP contribution is 2.30. The molecule has 2 atom stereocenters. The number of rotatable bonds is 3. The van der Waals surface area contributed by atoms with E-state index in [1.54, 1.807) is 12.1 Å². The second-order valence-corrected chi connectivity index (χ2v) is 7.78. The molecular weight excluding hydrogens is 338 g/mol. The van der Waals surface area contributed by atoms with Gasteiger partial charge in [-0.2, -0.15) is 0 Å². The van der Waals surface area contributed by atoms with Crippen molar-refractivity contribution in [3.63, 3.8) is 0 Å². The molecule has 4 heterocycles. The molecule has 2 saturated heterocycles. The average molecular weight is 359 g/mol. The van der Waals surface area contributed by atoms with E-state index in [4.69, 9.17) is 4.42 Å². The Morgan fingerprint density at radius 3 is 2.96 bits per heavy atom. The number of furan rings is 1. The molecule has 2 N–H and O–H groups in total. The van der Waals surface area contributed by atoms with Crippen LogP contribution in [0.25, 0.3) is 0 Å². The van der Waals surface area contributed by atoms with E-state index in [-0.39, 0.29) is 17.6 Å². The van der Waals surface area contributed by atoms with Crippen molar-refractivity contribution in [1.29, 1.82) is 0 Å². The van der Waals surface area contributed by atoms with Crippen LogP contribution < -0.4 is 10.6 Å². The van der Waals surface area contributed by atoms with Crippen molar-refractivity contribution >= 4 is 28.2 Å². The molecule has 0 spiro atoms. The average Bonchev–Trinajstić information content (AvgIpc) is 3.28. The molecule has 2 bridgehead atoms. The first-order valence-corrected chi connectivity index (χ1v) is 9.42. The summed E-state index contributed by atoms with van der Waals surface area (Å²) in [6.45, 7) is 3.47. The molecule has 2 unspecified atom stereocenters. The molecule has 2 fully saturated rings. The van der Waals surface area contributed by atoms with Gasteiger partial charge in [-0.05, 0) is 49.9 Å². The number of hydrogen-bond acceptors (Lipinski definition) is 5. The fourth-order valence-corrected chi connectivity index (χ4v) is 4.64. The Kier molecular flexibility index (Phi) is 4.35. The number of carbonyl (C=O) groups is 2. The molecule has 0 saturated carbocycles. The molecule has 2 aromatic heterocycles. The Labute approximate surface area is 150 Å². The standard InChI is InChI=1S/C18H21N3O3S/c1-11-9-15(20-17(22)14-3-2-8-24-14)25-16(11)18(23)21-7-6-12-4-5-13(10-21)19-12/h2-3,8-9,12-13,19H,4-7,10H2,1H3,(H,20,22). The fourth-order valence-electron chi connectivity index (χ4n) is 3.61. The van der Waals surface area contributed by atoms with Gasteiger partial charge in [-0.3, -0.25) is 9.59 Å². The van der Waals surface area contributed by atoms with Gasteiger partial charge in [-0.25, -0.2) is 0 Å². The van der Waals surface area contributed by atoms with Crippen LogP contribution in [0.4, 0.5) is 5.00 Å². The highest BCUT2D eigenvalue weighted by Gasteiger charge is 2.32. The van der Waals surface area contributed by atoms with Crippen molar-refractivity contribution in [3.8, 4) is 0 Å². The van der Waals surface area contributed by atoms with Crippen molar-refractivity contribution in [3.05, 3.63) is 40.7 Å². The van der Waals surface area contributed by atoms with E-state index >= 15 is 0 Å². The maximum atomic E-state index is 13.0. The van der Waals surface area contributed by atoms with Gasteiger partial charge in [-0.15, -0.1) is 11.3 Å². The number of aryl methyl sites for hydroxylation is 1. The van der Waals surface area contributed by atoms with Crippen molar-refractivity contribution < 1.29 is 14.0 Å². The Hall–Kier alpha value is -2.12. The number of amides is 2. The zero-order valence-electron chi connectivity index (χ0n) is 14.1. The van der Waals surface area contributed by atoms with Crippen LogP contribution in [0, 0.1) is 6.92 Å². The van der Waals surface area contributed by atoms with Crippen molar-refractivity contribution in [2.45, 2.75) is 38.3 Å². The van der Waals surface area contributed by atoms with Crippen LogP contribution in [0.1, 0.15) is 45.1 Å². The fraction of sp³-hybridized carbons (Fsp3) is 0.444. The summed E-state index contributed by atoms with van der Waals surface area (Å²) in [7, 11) is 0. The van der Waals surface area contributed by atoms with E-state index in [9.17, 15) is 9.59 Å². The highest BCUT2D eigenvalue weighted by atomic mass is 32.1. The molecule has 2 aliphatic heterocycles. The lowest BCUT2D eigenvalue weighted by Gasteiger charge is -2.24. The van der Waals surface area contributed by atoms with Gasteiger partial charge in [0.2, 0.25) is 0 Å². The summed E-state index contributed by atoms with van der Waals surface area (Å²) < 4.78 is 5.10. The molecule has 6 nitrogen and oxygen atoms in total. The summed E-state index contributed by atoms with van der Waals surface area (Å²) in [5.41, 5.74) is 0.895. The molecule has 2 aromatic rings. The van der Waals surface area contributed by atoms with E-state index in [1.807, 2.05) is 17.9 Å². The van der Waals surface area contributed by atoms with Crippen LogP contribution in [0.15, 0.2) is 28.9 Å². The first kappa shape index (κ1) is 16.4. The minimum atomic E-state index is -0.304. The summed E-state index contributed by atoms with van der Waals surface area (Å²) in [6, 6.07) is 6.09. The lowest BCUT2D eigenvalue weighted by molar-refractivity contribution is 0.0752. The zero-order valence-corrected chi connectivity index (χ0v) is 14.9. The third-order valence-corrected chi connectivity index (χ3v) is 6.04. The van der Waals surface area contributed by atoms with E-state index in [0.717, 1.165) is 31.5 Å². The second kappa shape index (κ2) is 6.65. The minimum Gasteiger partial charge on any atom is -0.459 e. The largest absolute Gasteiger partial charge is 0.459 e. The predicted molar refractivity (Wildman–Crippen MR) is 96.2 cm³/mol. The topological polar surface area (TPSA) is 74.6 Å². The second-order valence-electron chi connectivity index (χ2n) is 6.73. The normalized spacial score (nSPS) is 22.7. The van der Waals surface area contributed by atoms with Crippen LogP contribution in [0.3, 0.4) is 0 Å². The molecule has 0 aromatic carbocycles. The zero-order chi connectivity index (χ0) is 17.4. The van der Waals surface area contributed by atoms with E-state index in [0.29, 0.717) is 22.0 Å². The Morgan fingerprint density at radius 2 is 2.16 bits per heavy atom. The Bertz CT molecular complexity index is 784. The number of likely N-dealkylation sites (tertiary alicyclic amines) is 1. The number of nitrogens with zero attached hydrogens (tertiary/aromatic N) is 1. The van der Waals surface area contributed by atoms with Crippen LogP contribution in [-0.2, 0) is 0 Å². The minimum absolute atomic E-state index is 0.0651. The van der Waals surface area contributed by atoms with Gasteiger partial charge in [0.1, 0.15) is 0 Å². The number of hydrogen-bond donors (Lipinski definition) is 2. The summed E-state index contributed by atoms with van der Waals surface area (Å²) in [5.74, 6) is 0.0189. The van der Waals surface area contributed by atoms with Gasteiger partial charge in [0.25, 0.3) is 11.8 Å². The van der Waals surface area contributed by atoms with E-state index in [2.05, 4.69) is 10.6 Å². The monoisotopic (exact) mass is 359 g/mol. The molecule has 0 aliphatic carbocycles. The lowest BCUT2D eigenvalue weighted by Crippen LogP contribution is -2.38. The van der Waals surface area contributed by atoms with Gasteiger partial charge in [0.15, 0.2) is 5.76 Å². The van der Waals surface area contributed by atoms with Crippen LogP contribution in [-0.4, -0.2) is 41.9 Å². The number of nitrogens with one attached hydrogen (secondary N) is 2. The summed E-state index contributed by atoms with van der Waals surface area (Å²) in [6.07, 6.45) is 4.83. The van der Waals surface area contributed by atoms with Crippen molar-refractivity contribution in [2.24, 2.45) is 0 Å². The molecule has 7 heteroatoms. The third kappa shape index (κ3) is 3.34. The highest BCUT2D eigenvalue weighted by molar-refractivity contribution is 7.18. The first-order chi connectivity index (χ1) is 12.1. The summed E-state index contributed by atoms with van der Waals surface area (Å²) >= 11 is 1.33. The maximum absolute atomic E-state index is 13.0. The number of anilines is 1. The molecule has 4 rings (SSSR count). The van der Waals surface area contributed by atoms with Crippen LogP contribution >= 0.6 is 11.3 Å².